The van der Waals surface area contributed by atoms with E-state index < -0.39 is 0 Å². The Labute approximate surface area is 119 Å². The van der Waals surface area contributed by atoms with Crippen molar-refractivity contribution in [1.29, 1.82) is 0 Å². The van der Waals surface area contributed by atoms with Gasteiger partial charge in [0.1, 0.15) is 5.75 Å². The van der Waals surface area contributed by atoms with E-state index in [1.54, 1.807) is 18.9 Å². The summed E-state index contributed by atoms with van der Waals surface area (Å²) in [6.07, 6.45) is 3.48. The molecule has 1 amide bonds. The van der Waals surface area contributed by atoms with Gasteiger partial charge in [-0.2, -0.15) is 0 Å². The maximum absolute atomic E-state index is 11.8. The Hall–Kier alpha value is -1.16. The second kappa shape index (κ2) is 6.85. The van der Waals surface area contributed by atoms with Crippen molar-refractivity contribution in [2.24, 2.45) is 5.92 Å². The van der Waals surface area contributed by atoms with Gasteiger partial charge < -0.3 is 10.1 Å². The summed E-state index contributed by atoms with van der Waals surface area (Å²) >= 11 is 1.56. The molecule has 4 heteroatoms. The number of carbonyl (C=O) groups excluding carboxylic acids is 1. The molecule has 0 bridgehead atoms. The number of hydrogen-bond donors (Lipinski definition) is 1. The second-order valence-electron chi connectivity index (χ2n) is 5.15. The van der Waals surface area contributed by atoms with Crippen LogP contribution in [-0.4, -0.2) is 24.8 Å². The largest absolute Gasteiger partial charge is 0.497 e. The monoisotopic (exact) mass is 279 g/mol. The Bertz CT molecular complexity index is 419. The molecule has 0 saturated heterocycles. The number of benzene rings is 1. The maximum Gasteiger partial charge on any atom is 0.230 e. The summed E-state index contributed by atoms with van der Waals surface area (Å²) in [5.74, 6) is 2.21. The van der Waals surface area contributed by atoms with E-state index in [1.807, 2.05) is 24.3 Å². The Balaban J connectivity index is 1.73. The predicted octanol–water partition coefficient (Wildman–Crippen LogP) is 3.09. The van der Waals surface area contributed by atoms with E-state index in [4.69, 9.17) is 4.74 Å². The van der Waals surface area contributed by atoms with Gasteiger partial charge in [0.2, 0.25) is 5.91 Å². The number of nitrogens with one attached hydrogen (secondary N) is 1. The zero-order valence-corrected chi connectivity index (χ0v) is 12.3. The van der Waals surface area contributed by atoms with Gasteiger partial charge in [0.25, 0.3) is 0 Å². The van der Waals surface area contributed by atoms with Crippen LogP contribution in [0.25, 0.3) is 0 Å². The molecule has 104 valence electrons. The van der Waals surface area contributed by atoms with Gasteiger partial charge in [-0.15, -0.1) is 11.8 Å². The van der Waals surface area contributed by atoms with Crippen molar-refractivity contribution in [2.45, 2.75) is 37.1 Å². The van der Waals surface area contributed by atoms with E-state index >= 15 is 0 Å². The van der Waals surface area contributed by atoms with E-state index in [1.165, 1.54) is 6.42 Å². The van der Waals surface area contributed by atoms with Crippen LogP contribution in [0.15, 0.2) is 29.2 Å². The summed E-state index contributed by atoms with van der Waals surface area (Å²) in [5, 5.41) is 3.12. The molecule has 1 aromatic carbocycles. The van der Waals surface area contributed by atoms with Gasteiger partial charge in [-0.1, -0.05) is 6.92 Å². The van der Waals surface area contributed by atoms with Gasteiger partial charge in [0.05, 0.1) is 12.9 Å². The molecule has 1 fully saturated rings. The molecule has 0 heterocycles. The molecule has 0 spiro atoms. The zero-order valence-electron chi connectivity index (χ0n) is 11.5. The van der Waals surface area contributed by atoms with Crippen molar-refractivity contribution in [1.82, 2.24) is 5.32 Å². The second-order valence-corrected chi connectivity index (χ2v) is 6.20. The summed E-state index contributed by atoms with van der Waals surface area (Å²) in [7, 11) is 1.65. The minimum absolute atomic E-state index is 0.139. The number of carbonyl (C=O) groups is 1. The van der Waals surface area contributed by atoms with Crippen LogP contribution >= 0.6 is 11.8 Å². The number of methoxy groups -OCH3 is 1. The van der Waals surface area contributed by atoms with Crippen LogP contribution in [0.3, 0.4) is 0 Å². The number of hydrogen-bond acceptors (Lipinski definition) is 3. The average Bonchev–Trinajstić information content (AvgIpc) is 2.82. The average molecular weight is 279 g/mol. The lowest BCUT2D eigenvalue weighted by Gasteiger charge is -2.12. The molecule has 3 nitrogen and oxygen atoms in total. The third kappa shape index (κ3) is 4.46. The predicted molar refractivity (Wildman–Crippen MR) is 78.7 cm³/mol. The third-order valence-electron chi connectivity index (χ3n) is 3.49. The molecule has 2 rings (SSSR count). The number of ether oxygens (including phenoxy) is 1. The lowest BCUT2D eigenvalue weighted by molar-refractivity contribution is -0.119. The van der Waals surface area contributed by atoms with E-state index in [0.29, 0.717) is 11.8 Å². The molecule has 19 heavy (non-hydrogen) atoms. The minimum atomic E-state index is 0.139. The van der Waals surface area contributed by atoms with Crippen LogP contribution in [0.1, 0.15) is 26.2 Å². The Kier molecular flexibility index (Phi) is 5.14. The van der Waals surface area contributed by atoms with E-state index in [9.17, 15) is 4.79 Å². The summed E-state index contributed by atoms with van der Waals surface area (Å²) in [6, 6.07) is 8.18. The maximum atomic E-state index is 11.8. The number of rotatable bonds is 5. The van der Waals surface area contributed by atoms with Crippen LogP contribution in [0.4, 0.5) is 0 Å². The molecule has 1 saturated carbocycles. The molecule has 0 aliphatic heterocycles. The molecule has 1 N–H and O–H groups in total. The molecule has 0 aromatic heterocycles. The summed E-state index contributed by atoms with van der Waals surface area (Å²) in [4.78, 5) is 12.9. The highest BCUT2D eigenvalue weighted by atomic mass is 32.2. The fraction of sp³-hybridized carbons (Fsp3) is 0.533. The molecule has 1 aliphatic carbocycles. The number of amides is 1. The Morgan fingerprint density at radius 1 is 1.37 bits per heavy atom. The first-order valence-corrected chi connectivity index (χ1v) is 7.72. The van der Waals surface area contributed by atoms with Crippen molar-refractivity contribution in [2.75, 3.05) is 12.9 Å². The van der Waals surface area contributed by atoms with Gasteiger partial charge >= 0.3 is 0 Å². The zero-order chi connectivity index (χ0) is 13.7. The molecular formula is C15H21NO2S. The van der Waals surface area contributed by atoms with Crippen LogP contribution in [-0.2, 0) is 4.79 Å². The highest BCUT2D eigenvalue weighted by Gasteiger charge is 2.22. The van der Waals surface area contributed by atoms with Crippen LogP contribution in [0.5, 0.6) is 5.75 Å². The standard InChI is InChI=1S/C15H21NO2S/c1-11-3-4-12(9-11)16-15(17)10-19-14-7-5-13(18-2)6-8-14/h5-8,11-12H,3-4,9-10H2,1-2H3,(H,16,17). The quantitative estimate of drug-likeness (QED) is 0.842. The summed E-state index contributed by atoms with van der Waals surface area (Å²) in [5.41, 5.74) is 0. The van der Waals surface area contributed by atoms with E-state index in [0.717, 1.165) is 29.4 Å². The SMILES string of the molecule is COc1ccc(SCC(=O)NC2CCC(C)C2)cc1. The van der Waals surface area contributed by atoms with Gasteiger partial charge in [-0.25, -0.2) is 0 Å². The fourth-order valence-electron chi connectivity index (χ4n) is 2.43. The van der Waals surface area contributed by atoms with Crippen molar-refractivity contribution in [3.05, 3.63) is 24.3 Å². The van der Waals surface area contributed by atoms with E-state index in [-0.39, 0.29) is 5.91 Å². The summed E-state index contributed by atoms with van der Waals surface area (Å²) < 4.78 is 5.10. The molecule has 0 radical (unpaired) electrons. The lowest BCUT2D eigenvalue weighted by Crippen LogP contribution is -2.34. The number of thioether (sulfide) groups is 1. The Morgan fingerprint density at radius 3 is 2.68 bits per heavy atom. The van der Waals surface area contributed by atoms with Gasteiger partial charge in [0, 0.05) is 10.9 Å². The summed E-state index contributed by atoms with van der Waals surface area (Å²) in [6.45, 7) is 2.25. The van der Waals surface area contributed by atoms with Gasteiger partial charge in [-0.3, -0.25) is 4.79 Å². The normalized spacial score (nSPS) is 22.2. The van der Waals surface area contributed by atoms with Crippen LogP contribution in [0, 0.1) is 5.92 Å². The third-order valence-corrected chi connectivity index (χ3v) is 4.50. The fourth-order valence-corrected chi connectivity index (χ4v) is 3.14. The van der Waals surface area contributed by atoms with Crippen molar-refractivity contribution in [3.8, 4) is 5.75 Å². The molecular weight excluding hydrogens is 258 g/mol. The first-order valence-electron chi connectivity index (χ1n) is 6.73. The molecule has 2 unspecified atom stereocenters. The lowest BCUT2D eigenvalue weighted by atomic mass is 10.1. The van der Waals surface area contributed by atoms with Crippen molar-refractivity contribution < 1.29 is 9.53 Å². The molecule has 1 aromatic rings. The van der Waals surface area contributed by atoms with Crippen molar-refractivity contribution in [3.63, 3.8) is 0 Å². The van der Waals surface area contributed by atoms with Gasteiger partial charge in [-0.05, 0) is 49.4 Å². The van der Waals surface area contributed by atoms with Gasteiger partial charge in [0.15, 0.2) is 0 Å². The van der Waals surface area contributed by atoms with E-state index in [2.05, 4.69) is 12.2 Å². The van der Waals surface area contributed by atoms with Crippen molar-refractivity contribution >= 4 is 17.7 Å². The minimum Gasteiger partial charge on any atom is -0.497 e. The first-order chi connectivity index (χ1) is 9.17. The Morgan fingerprint density at radius 2 is 2.11 bits per heavy atom. The molecule has 2 atom stereocenters. The first kappa shape index (κ1) is 14.3. The van der Waals surface area contributed by atoms with Crippen LogP contribution < -0.4 is 10.1 Å². The van der Waals surface area contributed by atoms with Crippen LogP contribution in [0.2, 0.25) is 0 Å². The highest BCUT2D eigenvalue weighted by Crippen LogP contribution is 2.25. The smallest absolute Gasteiger partial charge is 0.230 e. The molecule has 1 aliphatic rings. The highest BCUT2D eigenvalue weighted by molar-refractivity contribution is 8.00. The topological polar surface area (TPSA) is 38.3 Å².